The van der Waals surface area contributed by atoms with Gasteiger partial charge in [0.1, 0.15) is 10.3 Å². The molecule has 0 unspecified atom stereocenters. The van der Waals surface area contributed by atoms with E-state index in [9.17, 15) is 0 Å². The highest BCUT2D eigenvalue weighted by Crippen LogP contribution is 2.13. The van der Waals surface area contributed by atoms with Crippen LogP contribution >= 0.6 is 23.2 Å². The van der Waals surface area contributed by atoms with E-state index < -0.39 is 0 Å². The predicted octanol–water partition coefficient (Wildman–Crippen LogP) is 2.04. The van der Waals surface area contributed by atoms with Crippen LogP contribution in [0.1, 0.15) is 0 Å². The third-order valence-electron chi connectivity index (χ3n) is 1.32. The molecular weight excluding hydrogens is 185 g/mol. The Kier molecular flexibility index (Phi) is 1.47. The fraction of sp³-hybridized carbons (Fsp3) is 0. The molecule has 2 heterocycles. The van der Waals surface area contributed by atoms with E-state index in [4.69, 9.17) is 23.2 Å². The van der Waals surface area contributed by atoms with Crippen molar-refractivity contribution >= 4 is 28.8 Å². The summed E-state index contributed by atoms with van der Waals surface area (Å²) >= 11 is 11.4. The average Bonchev–Trinajstić information content (AvgIpc) is 2.33. The topological polar surface area (TPSA) is 30.2 Å². The SMILES string of the molecule is Clc1cn2c(Cl)cnc2cn1. The van der Waals surface area contributed by atoms with Gasteiger partial charge in [-0.2, -0.15) is 0 Å². The molecule has 0 bridgehead atoms. The van der Waals surface area contributed by atoms with Crippen LogP contribution in [0.5, 0.6) is 0 Å². The van der Waals surface area contributed by atoms with Gasteiger partial charge in [0.2, 0.25) is 0 Å². The fourth-order valence-corrected chi connectivity index (χ4v) is 1.17. The molecule has 0 aliphatic carbocycles. The summed E-state index contributed by atoms with van der Waals surface area (Å²) in [6, 6.07) is 0. The first-order valence-corrected chi connectivity index (χ1v) is 3.67. The lowest BCUT2D eigenvalue weighted by atomic mass is 10.7. The summed E-state index contributed by atoms with van der Waals surface area (Å²) in [5.74, 6) is 0. The standard InChI is InChI=1S/C6H3Cl2N3/c7-4-3-11-5(8)1-10-6(11)2-9-4/h1-3H. The van der Waals surface area contributed by atoms with Gasteiger partial charge in [-0.25, -0.2) is 9.97 Å². The molecule has 0 aromatic carbocycles. The van der Waals surface area contributed by atoms with Crippen molar-refractivity contribution in [1.29, 1.82) is 0 Å². The summed E-state index contributed by atoms with van der Waals surface area (Å²) in [6.07, 6.45) is 4.73. The molecule has 11 heavy (non-hydrogen) atoms. The molecule has 2 rings (SSSR count). The zero-order chi connectivity index (χ0) is 7.84. The van der Waals surface area contributed by atoms with E-state index in [0.29, 0.717) is 16.0 Å². The number of hydrogen-bond donors (Lipinski definition) is 0. The molecule has 0 radical (unpaired) electrons. The van der Waals surface area contributed by atoms with E-state index in [1.165, 1.54) is 0 Å². The van der Waals surface area contributed by atoms with Crippen LogP contribution in [0.25, 0.3) is 5.65 Å². The molecule has 0 aliphatic heterocycles. The number of hydrogen-bond acceptors (Lipinski definition) is 2. The first-order chi connectivity index (χ1) is 5.27. The molecular formula is C6H3Cl2N3. The summed E-state index contributed by atoms with van der Waals surface area (Å²) in [5, 5.41) is 0.932. The molecule has 0 saturated heterocycles. The number of fused-ring (bicyclic) bond motifs is 1. The van der Waals surface area contributed by atoms with Crippen molar-refractivity contribution in [3.05, 3.63) is 28.9 Å². The Labute approximate surface area is 72.6 Å². The summed E-state index contributed by atoms with van der Waals surface area (Å²) < 4.78 is 1.66. The average molecular weight is 188 g/mol. The van der Waals surface area contributed by atoms with Gasteiger partial charge in [-0.3, -0.25) is 4.40 Å². The third kappa shape index (κ3) is 1.06. The third-order valence-corrected chi connectivity index (χ3v) is 1.79. The molecule has 0 amide bonds. The van der Waals surface area contributed by atoms with Crippen molar-refractivity contribution < 1.29 is 0 Å². The van der Waals surface area contributed by atoms with Gasteiger partial charge in [0.15, 0.2) is 5.65 Å². The minimum Gasteiger partial charge on any atom is -0.286 e. The normalized spacial score (nSPS) is 10.7. The van der Waals surface area contributed by atoms with Crippen LogP contribution in [-0.2, 0) is 0 Å². The summed E-state index contributed by atoms with van der Waals surface area (Å²) in [4.78, 5) is 7.81. The lowest BCUT2D eigenvalue weighted by Crippen LogP contribution is -1.85. The van der Waals surface area contributed by atoms with Gasteiger partial charge in [-0.15, -0.1) is 0 Å². The van der Waals surface area contributed by atoms with Crippen molar-refractivity contribution in [3.63, 3.8) is 0 Å². The maximum absolute atomic E-state index is 5.76. The molecule has 3 nitrogen and oxygen atoms in total. The van der Waals surface area contributed by atoms with E-state index >= 15 is 0 Å². The lowest BCUT2D eigenvalue weighted by molar-refractivity contribution is 1.13. The van der Waals surface area contributed by atoms with Crippen molar-refractivity contribution in [3.8, 4) is 0 Å². The lowest BCUT2D eigenvalue weighted by Gasteiger charge is -1.93. The minimum absolute atomic E-state index is 0.400. The maximum Gasteiger partial charge on any atom is 0.156 e. The highest BCUT2D eigenvalue weighted by Gasteiger charge is 1.99. The van der Waals surface area contributed by atoms with Gasteiger partial charge in [0.25, 0.3) is 0 Å². The van der Waals surface area contributed by atoms with E-state index in [-0.39, 0.29) is 0 Å². The van der Waals surface area contributed by atoms with Crippen LogP contribution in [0.2, 0.25) is 10.3 Å². The molecule has 0 spiro atoms. The quantitative estimate of drug-likeness (QED) is 0.633. The molecule has 5 heteroatoms. The highest BCUT2D eigenvalue weighted by atomic mass is 35.5. The van der Waals surface area contributed by atoms with Crippen molar-refractivity contribution in [2.24, 2.45) is 0 Å². The zero-order valence-electron chi connectivity index (χ0n) is 5.33. The number of nitrogens with zero attached hydrogens (tertiary/aromatic N) is 3. The van der Waals surface area contributed by atoms with Crippen LogP contribution in [0.3, 0.4) is 0 Å². The second-order valence-corrected chi connectivity index (χ2v) is 2.79. The molecule has 0 saturated carbocycles. The monoisotopic (exact) mass is 187 g/mol. The summed E-state index contributed by atoms with van der Waals surface area (Å²) in [5.41, 5.74) is 0.694. The minimum atomic E-state index is 0.400. The molecule has 2 aromatic heterocycles. The Morgan fingerprint density at radius 3 is 2.82 bits per heavy atom. The van der Waals surface area contributed by atoms with Gasteiger partial charge in [0.05, 0.1) is 12.4 Å². The first-order valence-electron chi connectivity index (χ1n) is 2.91. The Morgan fingerprint density at radius 1 is 1.18 bits per heavy atom. The van der Waals surface area contributed by atoms with E-state index in [0.717, 1.165) is 0 Å². The van der Waals surface area contributed by atoms with Gasteiger partial charge < -0.3 is 0 Å². The highest BCUT2D eigenvalue weighted by molar-refractivity contribution is 6.30. The maximum atomic E-state index is 5.76. The number of imidazole rings is 1. The largest absolute Gasteiger partial charge is 0.286 e. The van der Waals surface area contributed by atoms with Gasteiger partial charge in [0, 0.05) is 6.20 Å². The first kappa shape index (κ1) is 6.88. The van der Waals surface area contributed by atoms with Crippen LogP contribution in [-0.4, -0.2) is 14.4 Å². The van der Waals surface area contributed by atoms with Crippen molar-refractivity contribution in [2.45, 2.75) is 0 Å². The van der Waals surface area contributed by atoms with E-state index in [1.807, 2.05) is 0 Å². The van der Waals surface area contributed by atoms with Crippen molar-refractivity contribution in [1.82, 2.24) is 14.4 Å². The second kappa shape index (κ2) is 2.36. The fourth-order valence-electron chi connectivity index (χ4n) is 0.836. The molecule has 0 fully saturated rings. The molecule has 0 N–H and O–H groups in total. The van der Waals surface area contributed by atoms with Crippen LogP contribution < -0.4 is 0 Å². The van der Waals surface area contributed by atoms with Gasteiger partial charge in [-0.05, 0) is 0 Å². The molecule has 56 valence electrons. The number of rotatable bonds is 0. The van der Waals surface area contributed by atoms with Crippen LogP contribution in [0.15, 0.2) is 18.6 Å². The van der Waals surface area contributed by atoms with Crippen LogP contribution in [0, 0.1) is 0 Å². The smallest absolute Gasteiger partial charge is 0.156 e. The Morgan fingerprint density at radius 2 is 2.00 bits per heavy atom. The molecule has 0 atom stereocenters. The van der Waals surface area contributed by atoms with Gasteiger partial charge >= 0.3 is 0 Å². The van der Waals surface area contributed by atoms with Gasteiger partial charge in [-0.1, -0.05) is 23.2 Å². The molecule has 0 aliphatic rings. The van der Waals surface area contributed by atoms with E-state index in [2.05, 4.69) is 9.97 Å². The number of halogens is 2. The summed E-state index contributed by atoms with van der Waals surface area (Å²) in [6.45, 7) is 0. The zero-order valence-corrected chi connectivity index (χ0v) is 6.84. The van der Waals surface area contributed by atoms with Crippen molar-refractivity contribution in [2.75, 3.05) is 0 Å². The predicted molar refractivity (Wildman–Crippen MR) is 43.0 cm³/mol. The Hall–Kier alpha value is -0.800. The Bertz CT molecular complexity index is 396. The van der Waals surface area contributed by atoms with E-state index in [1.54, 1.807) is 23.0 Å². The number of aromatic nitrogens is 3. The van der Waals surface area contributed by atoms with Crippen LogP contribution in [0.4, 0.5) is 0 Å². The second-order valence-electron chi connectivity index (χ2n) is 2.02. The Balaban J connectivity index is 2.87. The summed E-state index contributed by atoms with van der Waals surface area (Å²) in [7, 11) is 0. The molecule has 2 aromatic rings.